The largest absolute Gasteiger partial charge is 0.508 e. The van der Waals surface area contributed by atoms with E-state index in [-0.39, 0.29) is 34.0 Å². The molecule has 6 aromatic carbocycles. The second-order valence-electron chi connectivity index (χ2n) is 19.3. The molecule has 0 spiro atoms. The Balaban J connectivity index is 0.000000155. The van der Waals surface area contributed by atoms with Crippen LogP contribution in [0.3, 0.4) is 0 Å². The molecule has 4 aliphatic rings. The van der Waals surface area contributed by atoms with Crippen LogP contribution in [0.1, 0.15) is 57.5 Å². The zero-order valence-corrected chi connectivity index (χ0v) is 39.6. The predicted molar refractivity (Wildman–Crippen MR) is 266 cm³/mol. The highest BCUT2D eigenvalue weighted by atomic mass is 79.9. The molecule has 6 N–H and O–H groups in total. The van der Waals surface area contributed by atoms with Crippen LogP contribution in [0.25, 0.3) is 11.1 Å². The second-order valence-corrected chi connectivity index (χ2v) is 20.2. The maximum atomic E-state index is 12.9. The summed E-state index contributed by atoms with van der Waals surface area (Å²) in [4.78, 5) is 29.9. The molecule has 4 fully saturated rings. The molecule has 2 unspecified atom stereocenters. The molecule has 2 saturated heterocycles. The van der Waals surface area contributed by atoms with E-state index in [4.69, 9.17) is 15.5 Å². The monoisotopic (exact) mass is 981 g/mol. The molecule has 0 amide bonds. The summed E-state index contributed by atoms with van der Waals surface area (Å²) < 4.78 is 0.988. The van der Waals surface area contributed by atoms with Crippen LogP contribution < -0.4 is 5.23 Å². The molecule has 2 saturated carbocycles. The highest BCUT2D eigenvalue weighted by Crippen LogP contribution is 2.46. The lowest BCUT2D eigenvalue weighted by molar-refractivity contribution is 0.0290. The molecule has 10 rings (SSSR count). The van der Waals surface area contributed by atoms with Gasteiger partial charge in [0.1, 0.15) is 11.5 Å². The van der Waals surface area contributed by atoms with E-state index in [9.17, 15) is 24.9 Å². The normalized spacial score (nSPS) is 24.0. The fourth-order valence-corrected chi connectivity index (χ4v) is 11.2. The van der Waals surface area contributed by atoms with Crippen molar-refractivity contribution in [2.45, 2.75) is 49.7 Å². The number of hydrogen-bond donors (Lipinski definition) is 6. The molecule has 0 aromatic heterocycles. The first-order valence-corrected chi connectivity index (χ1v) is 24.1. The van der Waals surface area contributed by atoms with Gasteiger partial charge >= 0.3 is 0 Å². The summed E-state index contributed by atoms with van der Waals surface area (Å²) in [6.07, 6.45) is 4.77. The first kappa shape index (κ1) is 48.7. The highest BCUT2D eigenvalue weighted by molar-refractivity contribution is 9.10. The number of aromatic hydroxyl groups is 2. The van der Waals surface area contributed by atoms with Crippen molar-refractivity contribution < 1.29 is 40.4 Å². The Morgan fingerprint density at radius 3 is 1.21 bits per heavy atom. The number of nitrogens with zero attached hydrogens (tertiary/aromatic N) is 3. The minimum atomic E-state index is -0.614. The van der Waals surface area contributed by atoms with Crippen LogP contribution >= 0.6 is 15.9 Å². The Morgan fingerprint density at radius 2 is 0.838 bits per heavy atom. The van der Waals surface area contributed by atoms with Crippen LogP contribution in [0.4, 0.5) is 5.69 Å². The van der Waals surface area contributed by atoms with Crippen molar-refractivity contribution in [2.24, 2.45) is 23.7 Å². The number of anilines is 1. The molecule has 6 atom stereocenters. The average Bonchev–Trinajstić information content (AvgIpc) is 4.04. The van der Waals surface area contributed by atoms with Gasteiger partial charge in [0.2, 0.25) is 0 Å². The third-order valence-corrected chi connectivity index (χ3v) is 14.5. The van der Waals surface area contributed by atoms with Crippen molar-refractivity contribution in [2.75, 3.05) is 44.5 Å². The van der Waals surface area contributed by atoms with Crippen molar-refractivity contribution >= 4 is 33.2 Å². The van der Waals surface area contributed by atoms with Crippen LogP contribution in [0, 0.1) is 23.7 Å². The number of rotatable bonds is 12. The smallest absolute Gasteiger partial charge is 0.176 e. The number of likely N-dealkylation sites (tertiary alicyclic amines) is 2. The number of aliphatic hydroxyl groups is 2. The van der Waals surface area contributed by atoms with Gasteiger partial charge in [-0.3, -0.25) is 29.8 Å². The predicted octanol–water partition coefficient (Wildman–Crippen LogP) is 9.48. The molecular formula is C56H60BrN3O8. The van der Waals surface area contributed by atoms with E-state index < -0.39 is 11.2 Å². The van der Waals surface area contributed by atoms with E-state index in [1.807, 2.05) is 97.1 Å². The van der Waals surface area contributed by atoms with E-state index in [1.165, 1.54) is 35.4 Å². The summed E-state index contributed by atoms with van der Waals surface area (Å²) in [5.41, 5.74) is 4.94. The molecule has 0 bridgehead atoms. The zero-order chi connectivity index (χ0) is 47.8. The number of carbonyl (C=O) groups excluding carboxylic acids is 2. The van der Waals surface area contributed by atoms with Crippen LogP contribution in [0.2, 0.25) is 0 Å². The van der Waals surface area contributed by atoms with Gasteiger partial charge in [0, 0.05) is 54.6 Å². The second kappa shape index (κ2) is 21.7. The number of benzene rings is 6. The molecule has 354 valence electrons. The van der Waals surface area contributed by atoms with E-state index >= 15 is 0 Å². The van der Waals surface area contributed by atoms with Gasteiger partial charge in [-0.1, -0.05) is 125 Å². The summed E-state index contributed by atoms with van der Waals surface area (Å²) in [6.45, 7) is 4.53. The lowest BCUT2D eigenvalue weighted by Gasteiger charge is -2.26. The van der Waals surface area contributed by atoms with Gasteiger partial charge in [0.15, 0.2) is 11.6 Å². The molecule has 11 nitrogen and oxygen atoms in total. The van der Waals surface area contributed by atoms with E-state index in [0.717, 1.165) is 85.0 Å². The number of carbonyl (C=O) groups is 2. The molecular weight excluding hydrogens is 923 g/mol. The number of ketones is 2. The van der Waals surface area contributed by atoms with Crippen LogP contribution in [-0.4, -0.2) is 103 Å². The van der Waals surface area contributed by atoms with E-state index in [0.29, 0.717) is 43.2 Å². The standard InChI is InChI=1S/C28H29NO3.C22H24BrNO2.C6H7NO3/c30-26-12-10-22(11-13-26)21-6-8-23(9-7-21)27(31)19-29-17-24-15-28(32,16-25(24)18-29)14-20-4-2-1-3-5-20;23-20-8-6-17(7-9-20)21(25)15-24-13-18-11-22(26,12-19(18)14-24)10-16-4-2-1-3-5-16;8-6-3-1-5(2-4-6)7(9)10/h1-13,24-25,30,32H,14-19H2;1-9,18-19,26H,10-15H2;1-4,8-10H/t24-,25+,28?;18-,19+,22?;. The zero-order valence-electron chi connectivity index (χ0n) is 38.0. The molecule has 12 heteroatoms. The van der Waals surface area contributed by atoms with Crippen LogP contribution in [0.15, 0.2) is 162 Å². The van der Waals surface area contributed by atoms with Gasteiger partial charge in [0.25, 0.3) is 0 Å². The summed E-state index contributed by atoms with van der Waals surface area (Å²) in [5, 5.41) is 57.2. The number of Topliss-reactive ketones (excluding diaryl/α,β-unsaturated/α-hetero) is 2. The Labute approximate surface area is 406 Å². The number of halogens is 1. The molecule has 0 radical (unpaired) electrons. The van der Waals surface area contributed by atoms with Gasteiger partial charge < -0.3 is 20.4 Å². The summed E-state index contributed by atoms with van der Waals surface area (Å²) >= 11 is 3.40. The minimum Gasteiger partial charge on any atom is -0.508 e. The van der Waals surface area contributed by atoms with Crippen LogP contribution in [-0.2, 0) is 12.8 Å². The van der Waals surface area contributed by atoms with Crippen molar-refractivity contribution in [1.82, 2.24) is 9.80 Å². The Bertz CT molecular complexity index is 2550. The van der Waals surface area contributed by atoms with Gasteiger partial charge in [-0.05, 0) is 120 Å². The molecule has 2 heterocycles. The number of phenolic OH excluding ortho intramolecular Hbond substituents is 2. The fraction of sp³-hybridized carbons (Fsp3) is 0.321. The van der Waals surface area contributed by atoms with Crippen molar-refractivity contribution in [3.05, 3.63) is 184 Å². The Morgan fingerprint density at radius 1 is 0.500 bits per heavy atom. The van der Waals surface area contributed by atoms with Gasteiger partial charge in [-0.25, -0.2) is 0 Å². The Hall–Kier alpha value is -5.70. The fourth-order valence-electron chi connectivity index (χ4n) is 10.9. The summed E-state index contributed by atoms with van der Waals surface area (Å²) in [7, 11) is 0. The SMILES string of the molecule is O=C(CN1C[C@@H]2CC(O)(Cc3ccccc3)C[C@@H]2C1)c1ccc(-c2ccc(O)cc2)cc1.O=C(CN1C[C@@H]2CC(O)(Cc3ccccc3)C[C@@H]2C1)c1ccc(Br)cc1.Oc1ccc(N(O)O)cc1. The maximum absolute atomic E-state index is 12.9. The van der Waals surface area contributed by atoms with E-state index in [1.54, 1.807) is 12.1 Å². The summed E-state index contributed by atoms with van der Waals surface area (Å²) in [6, 6.07) is 48.3. The first-order valence-electron chi connectivity index (χ1n) is 23.3. The Kier molecular flexibility index (Phi) is 15.6. The lowest BCUT2D eigenvalue weighted by Crippen LogP contribution is -2.34. The topological polar surface area (TPSA) is 165 Å². The number of hydrogen-bond acceptors (Lipinski definition) is 11. The molecule has 2 aliphatic carbocycles. The quantitative estimate of drug-likeness (QED) is 0.0511. The third kappa shape index (κ3) is 12.9. The molecule has 6 aromatic rings. The van der Waals surface area contributed by atoms with Gasteiger partial charge in [-0.15, -0.1) is 5.23 Å². The highest BCUT2D eigenvalue weighted by Gasteiger charge is 2.49. The minimum absolute atomic E-state index is 0.0144. The van der Waals surface area contributed by atoms with Crippen molar-refractivity contribution in [3.8, 4) is 22.6 Å². The average molecular weight is 983 g/mol. The third-order valence-electron chi connectivity index (χ3n) is 14.0. The lowest BCUT2D eigenvalue weighted by atomic mass is 9.91. The maximum Gasteiger partial charge on any atom is 0.176 e. The number of fused-ring (bicyclic) bond motifs is 2. The molecule has 2 aliphatic heterocycles. The number of phenols is 2. The first-order chi connectivity index (χ1) is 32.7. The summed E-state index contributed by atoms with van der Waals surface area (Å²) in [5.74, 6) is 2.59. The van der Waals surface area contributed by atoms with Gasteiger partial charge in [-0.2, -0.15) is 0 Å². The molecule has 68 heavy (non-hydrogen) atoms. The van der Waals surface area contributed by atoms with Crippen molar-refractivity contribution in [1.29, 1.82) is 0 Å². The van der Waals surface area contributed by atoms with Gasteiger partial charge in [0.05, 0.1) is 30.0 Å². The van der Waals surface area contributed by atoms with Crippen LogP contribution in [0.5, 0.6) is 11.5 Å². The van der Waals surface area contributed by atoms with E-state index in [2.05, 4.69) is 50.0 Å². The van der Waals surface area contributed by atoms with Crippen molar-refractivity contribution in [3.63, 3.8) is 0 Å².